The monoisotopic (exact) mass is 278 g/mol. The highest BCUT2D eigenvalue weighted by Crippen LogP contribution is 2.21. The van der Waals surface area contributed by atoms with Gasteiger partial charge in [-0.1, -0.05) is 22.0 Å². The molecule has 1 heterocycles. The van der Waals surface area contributed by atoms with Gasteiger partial charge < -0.3 is 14.2 Å². The van der Waals surface area contributed by atoms with Crippen molar-refractivity contribution in [3.8, 4) is 0 Å². The summed E-state index contributed by atoms with van der Waals surface area (Å²) < 4.78 is 15.5. The summed E-state index contributed by atoms with van der Waals surface area (Å²) in [5, 5.41) is 0. The second-order valence-corrected chi connectivity index (χ2v) is 4.33. The van der Waals surface area contributed by atoms with Crippen LogP contribution in [0.3, 0.4) is 0 Å². The van der Waals surface area contributed by atoms with Crippen LogP contribution in [0.15, 0.2) is 12.2 Å². The van der Waals surface area contributed by atoms with Crippen molar-refractivity contribution in [2.24, 2.45) is 0 Å². The lowest BCUT2D eigenvalue weighted by Crippen LogP contribution is -2.19. The highest BCUT2D eigenvalue weighted by atomic mass is 79.9. The molecule has 1 fully saturated rings. The van der Waals surface area contributed by atoms with E-state index < -0.39 is 0 Å². The van der Waals surface area contributed by atoms with E-state index in [9.17, 15) is 4.79 Å². The van der Waals surface area contributed by atoms with E-state index in [1.54, 1.807) is 6.08 Å². The molecule has 0 bridgehead atoms. The minimum Gasteiger partial charge on any atom is -0.462 e. The molecule has 0 radical (unpaired) electrons. The molecular formula is C10H15BrO4. The number of esters is 1. The average molecular weight is 279 g/mol. The van der Waals surface area contributed by atoms with Crippen LogP contribution in [0.5, 0.6) is 0 Å². The van der Waals surface area contributed by atoms with Crippen LogP contribution in [0.1, 0.15) is 13.3 Å². The van der Waals surface area contributed by atoms with Crippen molar-refractivity contribution < 1.29 is 19.0 Å². The van der Waals surface area contributed by atoms with E-state index in [-0.39, 0.29) is 17.1 Å². The van der Waals surface area contributed by atoms with Gasteiger partial charge in [0, 0.05) is 6.92 Å². The highest BCUT2D eigenvalue weighted by molar-refractivity contribution is 9.09. The fourth-order valence-corrected chi connectivity index (χ4v) is 1.63. The number of alkyl halides is 1. The summed E-state index contributed by atoms with van der Waals surface area (Å²) in [7, 11) is 0. The quantitative estimate of drug-likeness (QED) is 0.436. The largest absolute Gasteiger partial charge is 0.462 e. The van der Waals surface area contributed by atoms with E-state index in [1.807, 2.05) is 6.08 Å². The average Bonchev–Trinajstić information content (AvgIpc) is 2.57. The second kappa shape index (κ2) is 6.98. The van der Waals surface area contributed by atoms with Crippen molar-refractivity contribution in [2.75, 3.05) is 19.8 Å². The van der Waals surface area contributed by atoms with Gasteiger partial charge >= 0.3 is 5.97 Å². The number of carbonyl (C=O) groups excluding carboxylic acids is 1. The molecule has 1 aliphatic rings. The lowest BCUT2D eigenvalue weighted by atomic mass is 10.4. The van der Waals surface area contributed by atoms with Crippen LogP contribution < -0.4 is 0 Å². The van der Waals surface area contributed by atoms with Crippen molar-refractivity contribution in [3.05, 3.63) is 12.2 Å². The molecule has 0 unspecified atom stereocenters. The predicted octanol–water partition coefficient (Wildman–Crippen LogP) is 1.63. The van der Waals surface area contributed by atoms with Gasteiger partial charge in [-0.3, -0.25) is 4.79 Å². The molecule has 1 rings (SSSR count). The van der Waals surface area contributed by atoms with E-state index in [0.29, 0.717) is 13.2 Å². The van der Waals surface area contributed by atoms with Gasteiger partial charge in [0.25, 0.3) is 0 Å². The SMILES string of the molecule is CC(=O)OC/C=C\CO[C@@H]1OCC[C@H]1Br. The minimum absolute atomic E-state index is 0.164. The molecule has 15 heavy (non-hydrogen) atoms. The Balaban J connectivity index is 2.02. The maximum Gasteiger partial charge on any atom is 0.302 e. The maximum absolute atomic E-state index is 10.4. The molecule has 0 saturated carbocycles. The summed E-state index contributed by atoms with van der Waals surface area (Å²) in [5.41, 5.74) is 0. The van der Waals surface area contributed by atoms with Crippen molar-refractivity contribution in [1.29, 1.82) is 0 Å². The minimum atomic E-state index is -0.278. The molecule has 0 N–H and O–H groups in total. The first-order valence-electron chi connectivity index (χ1n) is 4.86. The van der Waals surface area contributed by atoms with E-state index in [4.69, 9.17) is 14.2 Å². The fraction of sp³-hybridized carbons (Fsp3) is 0.700. The number of rotatable bonds is 5. The van der Waals surface area contributed by atoms with Crippen LogP contribution >= 0.6 is 15.9 Å². The van der Waals surface area contributed by atoms with Crippen molar-refractivity contribution >= 4 is 21.9 Å². The lowest BCUT2D eigenvalue weighted by Gasteiger charge is -2.12. The van der Waals surface area contributed by atoms with Gasteiger partial charge in [0.15, 0.2) is 6.29 Å². The fourth-order valence-electron chi connectivity index (χ4n) is 1.14. The first-order valence-corrected chi connectivity index (χ1v) is 5.77. The number of halogens is 1. The molecule has 0 aliphatic carbocycles. The molecule has 4 nitrogen and oxygen atoms in total. The zero-order chi connectivity index (χ0) is 11.1. The first-order chi connectivity index (χ1) is 7.20. The lowest BCUT2D eigenvalue weighted by molar-refractivity contribution is -0.139. The number of ether oxygens (including phenoxy) is 3. The Labute approximate surface area is 97.7 Å². The third-order valence-electron chi connectivity index (χ3n) is 1.88. The van der Waals surface area contributed by atoms with Gasteiger partial charge in [-0.2, -0.15) is 0 Å². The first kappa shape index (κ1) is 12.7. The molecule has 86 valence electrons. The Bertz CT molecular complexity index is 229. The van der Waals surface area contributed by atoms with Crippen molar-refractivity contribution in [1.82, 2.24) is 0 Å². The van der Waals surface area contributed by atoms with Crippen LogP contribution in [0.2, 0.25) is 0 Å². The second-order valence-electron chi connectivity index (χ2n) is 3.15. The van der Waals surface area contributed by atoms with Gasteiger partial charge in [0.1, 0.15) is 6.61 Å². The molecule has 0 amide bonds. The third kappa shape index (κ3) is 5.30. The maximum atomic E-state index is 10.4. The van der Waals surface area contributed by atoms with Gasteiger partial charge in [0.05, 0.1) is 18.0 Å². The molecular weight excluding hydrogens is 264 g/mol. The smallest absolute Gasteiger partial charge is 0.302 e. The Morgan fingerprint density at radius 2 is 2.27 bits per heavy atom. The molecule has 0 spiro atoms. The van der Waals surface area contributed by atoms with Crippen molar-refractivity contribution in [2.45, 2.75) is 24.5 Å². The summed E-state index contributed by atoms with van der Waals surface area (Å²) in [6.45, 7) is 2.87. The van der Waals surface area contributed by atoms with Crippen LogP contribution in [-0.2, 0) is 19.0 Å². The Morgan fingerprint density at radius 3 is 2.87 bits per heavy atom. The summed E-state index contributed by atoms with van der Waals surface area (Å²) >= 11 is 3.46. The Hall–Kier alpha value is -0.390. The van der Waals surface area contributed by atoms with Gasteiger partial charge in [-0.05, 0) is 12.5 Å². The normalized spacial score (nSPS) is 26.0. The van der Waals surface area contributed by atoms with Gasteiger partial charge in [-0.25, -0.2) is 0 Å². The van der Waals surface area contributed by atoms with E-state index in [0.717, 1.165) is 13.0 Å². The predicted molar refractivity (Wildman–Crippen MR) is 58.8 cm³/mol. The van der Waals surface area contributed by atoms with Crippen LogP contribution in [0.4, 0.5) is 0 Å². The standard InChI is InChI=1S/C10H15BrO4/c1-8(12)13-5-2-3-6-14-10-9(11)4-7-15-10/h2-3,9-10H,4-7H2,1H3/b3-2-/t9-,10-/m1/s1. The Morgan fingerprint density at radius 1 is 1.53 bits per heavy atom. The van der Waals surface area contributed by atoms with Crippen LogP contribution in [-0.4, -0.2) is 36.9 Å². The van der Waals surface area contributed by atoms with E-state index in [2.05, 4.69) is 15.9 Å². The molecule has 2 atom stereocenters. The third-order valence-corrected chi connectivity index (χ3v) is 2.77. The number of hydrogen-bond donors (Lipinski definition) is 0. The molecule has 0 aromatic carbocycles. The summed E-state index contributed by atoms with van der Waals surface area (Å²) in [5.74, 6) is -0.278. The van der Waals surface area contributed by atoms with E-state index in [1.165, 1.54) is 6.92 Å². The van der Waals surface area contributed by atoms with Gasteiger partial charge in [-0.15, -0.1) is 0 Å². The number of carbonyl (C=O) groups is 1. The highest BCUT2D eigenvalue weighted by Gasteiger charge is 2.25. The topological polar surface area (TPSA) is 44.8 Å². The van der Waals surface area contributed by atoms with E-state index >= 15 is 0 Å². The van der Waals surface area contributed by atoms with Crippen LogP contribution in [0.25, 0.3) is 0 Å². The molecule has 1 saturated heterocycles. The summed E-state index contributed by atoms with van der Waals surface area (Å²) in [6.07, 6.45) is 4.37. The zero-order valence-electron chi connectivity index (χ0n) is 8.65. The van der Waals surface area contributed by atoms with Crippen LogP contribution in [0, 0.1) is 0 Å². The van der Waals surface area contributed by atoms with Gasteiger partial charge in [0.2, 0.25) is 0 Å². The summed E-state index contributed by atoms with van der Waals surface area (Å²) in [6, 6.07) is 0. The Kier molecular flexibility index (Phi) is 5.90. The zero-order valence-corrected chi connectivity index (χ0v) is 10.2. The molecule has 0 aromatic heterocycles. The summed E-state index contributed by atoms with van der Waals surface area (Å²) in [4.78, 5) is 10.7. The molecule has 5 heteroatoms. The molecule has 1 aliphatic heterocycles. The molecule has 0 aromatic rings. The van der Waals surface area contributed by atoms with Crippen molar-refractivity contribution in [3.63, 3.8) is 0 Å². The number of hydrogen-bond acceptors (Lipinski definition) is 4.